The fourth-order valence-corrected chi connectivity index (χ4v) is 3.82. The van der Waals surface area contributed by atoms with Gasteiger partial charge in [0.05, 0.1) is 5.69 Å². The lowest BCUT2D eigenvalue weighted by molar-refractivity contribution is 0.0991. The summed E-state index contributed by atoms with van der Waals surface area (Å²) in [6.07, 6.45) is 0. The van der Waals surface area contributed by atoms with Gasteiger partial charge < -0.3 is 24.9 Å². The first-order chi connectivity index (χ1) is 15.7. The molecular formula is C24H24N6O2. The molecule has 0 spiro atoms. The van der Waals surface area contributed by atoms with E-state index in [1.165, 1.54) is 0 Å². The summed E-state index contributed by atoms with van der Waals surface area (Å²) in [7, 11) is 2.14. The van der Waals surface area contributed by atoms with E-state index < -0.39 is 5.91 Å². The van der Waals surface area contributed by atoms with Crippen molar-refractivity contribution in [2.75, 3.05) is 48.8 Å². The smallest absolute Gasteiger partial charge is 0.320 e. The predicted molar refractivity (Wildman–Crippen MR) is 126 cm³/mol. The fourth-order valence-electron chi connectivity index (χ4n) is 3.82. The van der Waals surface area contributed by atoms with Crippen LogP contribution in [0.1, 0.15) is 10.7 Å². The molecule has 0 saturated carbocycles. The van der Waals surface area contributed by atoms with Crippen LogP contribution >= 0.6 is 0 Å². The molecule has 1 saturated heterocycles. The van der Waals surface area contributed by atoms with Crippen molar-refractivity contribution in [3.8, 4) is 0 Å². The third kappa shape index (κ3) is 4.26. The molecular weight excluding hydrogens is 404 g/mol. The molecule has 3 aromatic carbocycles. The molecule has 0 radical (unpaired) electrons. The van der Waals surface area contributed by atoms with Crippen LogP contribution in [-0.2, 0) is 0 Å². The van der Waals surface area contributed by atoms with Gasteiger partial charge in [-0.2, -0.15) is 0 Å². The van der Waals surface area contributed by atoms with Crippen LogP contribution in [0.25, 0.3) is 10.8 Å². The zero-order chi connectivity index (χ0) is 21.9. The number of piperazine rings is 1. The normalized spacial score (nSPS) is 14.5. The van der Waals surface area contributed by atoms with Crippen molar-refractivity contribution in [1.29, 1.82) is 0 Å². The lowest BCUT2D eigenvalue weighted by atomic mass is 10.1. The Hall–Kier alpha value is -3.91. The van der Waals surface area contributed by atoms with Crippen LogP contribution in [0.2, 0.25) is 0 Å². The van der Waals surface area contributed by atoms with E-state index in [1.54, 1.807) is 0 Å². The van der Waals surface area contributed by atoms with E-state index in [-0.39, 0.29) is 11.9 Å². The van der Waals surface area contributed by atoms with E-state index >= 15 is 0 Å². The van der Waals surface area contributed by atoms with Crippen LogP contribution in [0.3, 0.4) is 0 Å². The van der Waals surface area contributed by atoms with E-state index in [1.807, 2.05) is 66.7 Å². The third-order valence-corrected chi connectivity index (χ3v) is 5.64. The quantitative estimate of drug-likeness (QED) is 0.497. The van der Waals surface area contributed by atoms with Gasteiger partial charge in [-0.05, 0) is 42.8 Å². The summed E-state index contributed by atoms with van der Waals surface area (Å²) in [5.41, 5.74) is 2.66. The second-order valence-electron chi connectivity index (χ2n) is 7.86. The topological polar surface area (TPSA) is 86.5 Å². The number of likely N-dealkylation sites (N-methyl/N-ethyl adjacent to an activating group) is 1. The summed E-state index contributed by atoms with van der Waals surface area (Å²) in [6, 6.07) is 21.9. The Balaban J connectivity index is 1.24. The molecule has 8 heteroatoms. The standard InChI is InChI=1S/C24H24N6O2/c1-29-13-15-30(16-14-29)19-11-9-18(10-12-19)25-22(31)23-27-28-24(32-23)26-21-8-4-6-17-5-2-3-7-20(17)21/h2-12H,13-16H2,1H3,(H,25,31)(H,26,28). The van der Waals surface area contributed by atoms with E-state index in [9.17, 15) is 4.79 Å². The summed E-state index contributed by atoms with van der Waals surface area (Å²) >= 11 is 0. The molecule has 0 aliphatic carbocycles. The van der Waals surface area contributed by atoms with Gasteiger partial charge in [0.2, 0.25) is 0 Å². The molecule has 5 rings (SSSR count). The van der Waals surface area contributed by atoms with Crippen molar-refractivity contribution >= 4 is 39.8 Å². The number of hydrogen-bond donors (Lipinski definition) is 2. The van der Waals surface area contributed by atoms with Crippen molar-refractivity contribution in [3.05, 3.63) is 72.6 Å². The number of nitrogens with one attached hydrogen (secondary N) is 2. The monoisotopic (exact) mass is 428 g/mol. The number of nitrogens with zero attached hydrogens (tertiary/aromatic N) is 4. The largest absolute Gasteiger partial charge is 0.399 e. The number of anilines is 4. The Bertz CT molecular complexity index is 1220. The molecule has 32 heavy (non-hydrogen) atoms. The lowest BCUT2D eigenvalue weighted by Gasteiger charge is -2.34. The maximum absolute atomic E-state index is 12.6. The highest BCUT2D eigenvalue weighted by molar-refractivity contribution is 6.01. The van der Waals surface area contributed by atoms with Gasteiger partial charge in [0.15, 0.2) is 0 Å². The minimum atomic E-state index is -0.448. The van der Waals surface area contributed by atoms with E-state index in [0.29, 0.717) is 5.69 Å². The van der Waals surface area contributed by atoms with Crippen molar-refractivity contribution < 1.29 is 9.21 Å². The van der Waals surface area contributed by atoms with Gasteiger partial charge in [0.25, 0.3) is 0 Å². The molecule has 8 nitrogen and oxygen atoms in total. The second-order valence-corrected chi connectivity index (χ2v) is 7.86. The van der Waals surface area contributed by atoms with Gasteiger partial charge in [0, 0.05) is 42.9 Å². The van der Waals surface area contributed by atoms with Crippen LogP contribution in [-0.4, -0.2) is 54.2 Å². The number of hydrogen-bond acceptors (Lipinski definition) is 7. The number of carbonyl (C=O) groups is 1. The van der Waals surface area contributed by atoms with Crippen molar-refractivity contribution in [3.63, 3.8) is 0 Å². The molecule has 4 aromatic rings. The molecule has 1 amide bonds. The molecule has 1 fully saturated rings. The van der Waals surface area contributed by atoms with Gasteiger partial charge in [0.1, 0.15) is 0 Å². The number of aromatic nitrogens is 2. The minimum absolute atomic E-state index is 0.101. The summed E-state index contributed by atoms with van der Waals surface area (Å²) in [5, 5.41) is 15.9. The molecule has 0 unspecified atom stereocenters. The van der Waals surface area contributed by atoms with Crippen molar-refractivity contribution in [2.24, 2.45) is 0 Å². The van der Waals surface area contributed by atoms with Crippen molar-refractivity contribution in [2.45, 2.75) is 0 Å². The summed E-state index contributed by atoms with van der Waals surface area (Å²) in [4.78, 5) is 17.2. The SMILES string of the molecule is CN1CCN(c2ccc(NC(=O)c3nnc(Nc4cccc5ccccc45)o3)cc2)CC1. The minimum Gasteiger partial charge on any atom is -0.399 e. The van der Waals surface area contributed by atoms with Gasteiger partial charge in [-0.25, -0.2) is 0 Å². The number of benzene rings is 3. The molecule has 2 heterocycles. The van der Waals surface area contributed by atoms with Gasteiger partial charge >= 0.3 is 17.8 Å². The fraction of sp³-hybridized carbons (Fsp3) is 0.208. The first-order valence-electron chi connectivity index (χ1n) is 10.6. The number of fused-ring (bicyclic) bond motifs is 1. The zero-order valence-electron chi connectivity index (χ0n) is 17.8. The van der Waals surface area contributed by atoms with Gasteiger partial charge in [-0.3, -0.25) is 4.79 Å². The average Bonchev–Trinajstić information content (AvgIpc) is 3.29. The van der Waals surface area contributed by atoms with Crippen LogP contribution in [0.15, 0.2) is 71.1 Å². The van der Waals surface area contributed by atoms with Crippen LogP contribution in [0.4, 0.5) is 23.1 Å². The van der Waals surface area contributed by atoms with Crippen LogP contribution in [0, 0.1) is 0 Å². The molecule has 0 bridgehead atoms. The van der Waals surface area contributed by atoms with Crippen LogP contribution in [0.5, 0.6) is 0 Å². The Morgan fingerprint density at radius 1 is 0.906 bits per heavy atom. The number of amides is 1. The third-order valence-electron chi connectivity index (χ3n) is 5.64. The highest BCUT2D eigenvalue weighted by Gasteiger charge is 2.17. The lowest BCUT2D eigenvalue weighted by Crippen LogP contribution is -2.44. The Labute approximate surface area is 185 Å². The highest BCUT2D eigenvalue weighted by atomic mass is 16.4. The molecule has 2 N–H and O–H groups in total. The van der Waals surface area contributed by atoms with E-state index in [2.05, 4.69) is 37.7 Å². The van der Waals surface area contributed by atoms with Crippen molar-refractivity contribution in [1.82, 2.24) is 15.1 Å². The molecule has 1 aliphatic rings. The maximum atomic E-state index is 12.6. The summed E-state index contributed by atoms with van der Waals surface area (Å²) < 4.78 is 5.54. The number of rotatable bonds is 5. The Morgan fingerprint density at radius 3 is 2.47 bits per heavy atom. The van der Waals surface area contributed by atoms with Gasteiger partial charge in [-0.1, -0.05) is 41.5 Å². The predicted octanol–water partition coefficient (Wildman–Crippen LogP) is 3.97. The summed E-state index contributed by atoms with van der Waals surface area (Å²) in [6.45, 7) is 4.09. The van der Waals surface area contributed by atoms with E-state index in [4.69, 9.17) is 4.42 Å². The second kappa shape index (κ2) is 8.68. The average molecular weight is 428 g/mol. The molecule has 162 valence electrons. The number of carbonyl (C=O) groups excluding carboxylic acids is 1. The zero-order valence-corrected chi connectivity index (χ0v) is 17.8. The highest BCUT2D eigenvalue weighted by Crippen LogP contribution is 2.26. The van der Waals surface area contributed by atoms with Crippen LogP contribution < -0.4 is 15.5 Å². The Kier molecular flexibility index (Phi) is 5.43. The Morgan fingerprint density at radius 2 is 1.66 bits per heavy atom. The first-order valence-corrected chi connectivity index (χ1v) is 10.6. The molecule has 0 atom stereocenters. The van der Waals surface area contributed by atoms with E-state index in [0.717, 1.165) is 48.3 Å². The summed E-state index contributed by atoms with van der Waals surface area (Å²) in [5.74, 6) is -0.549. The molecule has 1 aromatic heterocycles. The maximum Gasteiger partial charge on any atom is 0.320 e. The van der Waals surface area contributed by atoms with Gasteiger partial charge in [-0.15, -0.1) is 5.10 Å². The first kappa shape index (κ1) is 20.0. The molecule has 1 aliphatic heterocycles.